The molecule has 25 heavy (non-hydrogen) atoms. The van der Waals surface area contributed by atoms with Gasteiger partial charge < -0.3 is 19.8 Å². The fourth-order valence-electron chi connectivity index (χ4n) is 2.97. The molecule has 2 unspecified atom stereocenters. The second-order valence-corrected chi connectivity index (χ2v) is 6.51. The van der Waals surface area contributed by atoms with Crippen LogP contribution in [-0.2, 0) is 15.1 Å². The van der Waals surface area contributed by atoms with Crippen LogP contribution in [0.2, 0.25) is 0 Å². The molecule has 0 saturated carbocycles. The van der Waals surface area contributed by atoms with Crippen LogP contribution in [0.4, 0.5) is 11.4 Å². The number of hydrogen-bond donors (Lipinski definition) is 3. The molecular formula is C18H17BrN2O4. The highest BCUT2D eigenvalue weighted by Crippen LogP contribution is 2.47. The van der Waals surface area contributed by atoms with Gasteiger partial charge in [0.1, 0.15) is 0 Å². The number of fused-ring (bicyclic) bond motifs is 1. The highest BCUT2D eigenvalue weighted by atomic mass is 79.9. The second-order valence-electron chi connectivity index (χ2n) is 5.60. The summed E-state index contributed by atoms with van der Waals surface area (Å²) in [6.07, 6.45) is -1.54. The first-order chi connectivity index (χ1) is 11.9. The summed E-state index contributed by atoms with van der Waals surface area (Å²) in [5.41, 5.74) is -1.46. The third-order valence-electron chi connectivity index (χ3n) is 4.16. The summed E-state index contributed by atoms with van der Waals surface area (Å²) >= 11 is 3.36. The van der Waals surface area contributed by atoms with E-state index in [1.807, 2.05) is 0 Å². The molecule has 1 aliphatic rings. The van der Waals surface area contributed by atoms with Crippen LogP contribution in [0.3, 0.4) is 0 Å². The summed E-state index contributed by atoms with van der Waals surface area (Å²) in [6, 6.07) is 13.9. The Bertz CT molecular complexity index is 824. The number of halogens is 1. The lowest BCUT2D eigenvalue weighted by Crippen LogP contribution is -2.51. The van der Waals surface area contributed by atoms with E-state index < -0.39 is 23.5 Å². The number of aliphatic hydroxyl groups is 2. The Balaban J connectivity index is 2.12. The Labute approximate surface area is 153 Å². The van der Waals surface area contributed by atoms with Crippen molar-refractivity contribution >= 4 is 39.0 Å². The molecule has 3 rings (SSSR count). The number of nitrogens with zero attached hydrogens (tertiary/aromatic N) is 1. The third kappa shape index (κ3) is 2.74. The van der Waals surface area contributed by atoms with Crippen molar-refractivity contribution in [1.29, 1.82) is 5.41 Å². The fourth-order valence-corrected chi connectivity index (χ4v) is 3.23. The summed E-state index contributed by atoms with van der Waals surface area (Å²) in [6.45, 7) is 1.69. The van der Waals surface area contributed by atoms with Gasteiger partial charge in [-0.25, -0.2) is 4.79 Å². The number of carbonyl (C=O) groups excluding carboxylic acids is 1. The molecule has 1 heterocycles. The number of hydrogen-bond acceptors (Lipinski definition) is 6. The fraction of sp³-hybridized carbons (Fsp3) is 0.222. The van der Waals surface area contributed by atoms with Gasteiger partial charge in [-0.1, -0.05) is 34.1 Å². The number of rotatable bonds is 4. The number of anilines is 2. The average Bonchev–Trinajstić information content (AvgIpc) is 2.84. The van der Waals surface area contributed by atoms with Crippen molar-refractivity contribution in [3.63, 3.8) is 0 Å². The molecule has 0 spiro atoms. The lowest BCUT2D eigenvalue weighted by molar-refractivity contribution is -0.137. The number of aliphatic hydroxyl groups excluding tert-OH is 1. The number of carbonyl (C=O) groups is 1. The van der Waals surface area contributed by atoms with Gasteiger partial charge >= 0.3 is 5.97 Å². The van der Waals surface area contributed by atoms with Crippen molar-refractivity contribution in [2.75, 3.05) is 11.5 Å². The SMILES string of the molecule is CCOC(=O)C(=N)C1(O)c2ccccc2N(c2ccc(Br)cc2)C1O. The Morgan fingerprint density at radius 3 is 2.56 bits per heavy atom. The van der Waals surface area contributed by atoms with Crippen molar-refractivity contribution in [2.45, 2.75) is 18.8 Å². The van der Waals surface area contributed by atoms with Gasteiger partial charge in [-0.05, 0) is 37.3 Å². The zero-order valence-corrected chi connectivity index (χ0v) is 15.0. The van der Waals surface area contributed by atoms with E-state index in [-0.39, 0.29) is 12.2 Å². The van der Waals surface area contributed by atoms with E-state index in [0.29, 0.717) is 11.4 Å². The molecule has 0 amide bonds. The first-order valence-corrected chi connectivity index (χ1v) is 8.51. The van der Waals surface area contributed by atoms with Gasteiger partial charge in [-0.3, -0.25) is 5.41 Å². The number of ether oxygens (including phenoxy) is 1. The standard InChI is InChI=1S/C18H17BrN2O4/c1-2-25-16(22)15(20)18(24)13-5-3-4-6-14(13)21(17(18)23)12-9-7-11(19)8-10-12/h3-10,17,20,23-24H,2H2,1H3. The normalized spacial score (nSPS) is 21.8. The molecular weight excluding hydrogens is 388 g/mol. The molecule has 2 atom stereocenters. The molecule has 0 radical (unpaired) electrons. The summed E-state index contributed by atoms with van der Waals surface area (Å²) in [5, 5.41) is 30.1. The van der Waals surface area contributed by atoms with Gasteiger partial charge in [0.2, 0.25) is 0 Å². The summed E-state index contributed by atoms with van der Waals surface area (Å²) in [7, 11) is 0. The smallest absolute Gasteiger partial charge is 0.355 e. The zero-order chi connectivity index (χ0) is 18.2. The van der Waals surface area contributed by atoms with E-state index in [4.69, 9.17) is 10.1 Å². The van der Waals surface area contributed by atoms with Gasteiger partial charge in [0.05, 0.1) is 12.3 Å². The van der Waals surface area contributed by atoms with E-state index >= 15 is 0 Å². The van der Waals surface area contributed by atoms with Gasteiger partial charge in [0.15, 0.2) is 17.5 Å². The lowest BCUT2D eigenvalue weighted by atomic mass is 9.89. The van der Waals surface area contributed by atoms with Crippen LogP contribution in [0, 0.1) is 5.41 Å². The maximum Gasteiger partial charge on any atom is 0.355 e. The monoisotopic (exact) mass is 404 g/mol. The minimum atomic E-state index is -2.18. The van der Waals surface area contributed by atoms with Crippen molar-refractivity contribution in [1.82, 2.24) is 0 Å². The Hall–Kier alpha value is -2.22. The van der Waals surface area contributed by atoms with Crippen molar-refractivity contribution in [2.24, 2.45) is 0 Å². The van der Waals surface area contributed by atoms with Crippen LogP contribution in [0.25, 0.3) is 0 Å². The number of benzene rings is 2. The van der Waals surface area contributed by atoms with Crippen LogP contribution in [-0.4, -0.2) is 34.7 Å². The number of esters is 1. The van der Waals surface area contributed by atoms with Crippen LogP contribution in [0.5, 0.6) is 0 Å². The number of para-hydroxylation sites is 1. The molecule has 0 saturated heterocycles. The van der Waals surface area contributed by atoms with Crippen LogP contribution in [0.15, 0.2) is 53.0 Å². The van der Waals surface area contributed by atoms with E-state index in [1.54, 1.807) is 55.5 Å². The zero-order valence-electron chi connectivity index (χ0n) is 13.4. The van der Waals surface area contributed by atoms with Crippen molar-refractivity contribution in [3.8, 4) is 0 Å². The van der Waals surface area contributed by atoms with Gasteiger partial charge in [0, 0.05) is 15.7 Å². The minimum absolute atomic E-state index is 0.0749. The topological polar surface area (TPSA) is 93.9 Å². The molecule has 2 aromatic rings. The quantitative estimate of drug-likeness (QED) is 0.537. The third-order valence-corrected chi connectivity index (χ3v) is 4.69. The highest BCUT2D eigenvalue weighted by molar-refractivity contribution is 9.10. The van der Waals surface area contributed by atoms with Crippen molar-refractivity contribution < 1.29 is 19.7 Å². The molecule has 2 aromatic carbocycles. The average molecular weight is 405 g/mol. The second kappa shape index (κ2) is 6.59. The molecule has 0 aromatic heterocycles. The molecule has 0 fully saturated rings. The Morgan fingerprint density at radius 2 is 1.92 bits per heavy atom. The largest absolute Gasteiger partial charge is 0.461 e. The van der Waals surface area contributed by atoms with Crippen LogP contribution < -0.4 is 4.90 Å². The van der Waals surface area contributed by atoms with Gasteiger partial charge in [-0.15, -0.1) is 0 Å². The highest BCUT2D eigenvalue weighted by Gasteiger charge is 2.55. The van der Waals surface area contributed by atoms with Gasteiger partial charge in [0.25, 0.3) is 0 Å². The minimum Gasteiger partial charge on any atom is -0.461 e. The molecule has 130 valence electrons. The maximum atomic E-state index is 12.0. The lowest BCUT2D eigenvalue weighted by Gasteiger charge is -2.31. The van der Waals surface area contributed by atoms with E-state index in [2.05, 4.69) is 15.9 Å². The molecule has 6 nitrogen and oxygen atoms in total. The Kier molecular flexibility index (Phi) is 4.64. The predicted octanol–water partition coefficient (Wildman–Crippen LogP) is 2.69. The van der Waals surface area contributed by atoms with Gasteiger partial charge in [-0.2, -0.15) is 0 Å². The summed E-state index contributed by atoms with van der Waals surface area (Å²) < 4.78 is 5.71. The molecule has 7 heteroatoms. The number of nitrogens with one attached hydrogen (secondary N) is 1. The Morgan fingerprint density at radius 1 is 1.28 bits per heavy atom. The van der Waals surface area contributed by atoms with Crippen LogP contribution >= 0.6 is 15.9 Å². The maximum absolute atomic E-state index is 12.0. The molecule has 0 aliphatic carbocycles. The first-order valence-electron chi connectivity index (χ1n) is 7.72. The van der Waals surface area contributed by atoms with Crippen LogP contribution in [0.1, 0.15) is 12.5 Å². The molecule has 3 N–H and O–H groups in total. The first kappa shape index (κ1) is 17.6. The van der Waals surface area contributed by atoms with Crippen molar-refractivity contribution in [3.05, 3.63) is 58.6 Å². The molecule has 1 aliphatic heterocycles. The van der Waals surface area contributed by atoms with E-state index in [0.717, 1.165) is 4.47 Å². The van der Waals surface area contributed by atoms with E-state index in [1.165, 1.54) is 4.90 Å². The predicted molar refractivity (Wildman–Crippen MR) is 97.0 cm³/mol. The molecule has 0 bridgehead atoms. The summed E-state index contributed by atoms with van der Waals surface area (Å²) in [4.78, 5) is 13.5. The summed E-state index contributed by atoms with van der Waals surface area (Å²) in [5.74, 6) is -0.962. The van der Waals surface area contributed by atoms with E-state index in [9.17, 15) is 15.0 Å².